The van der Waals surface area contributed by atoms with Crippen molar-refractivity contribution in [3.05, 3.63) is 14.1 Å². The minimum absolute atomic E-state index is 0. The summed E-state index contributed by atoms with van der Waals surface area (Å²) in [5.74, 6) is -0.152. The van der Waals surface area contributed by atoms with E-state index in [9.17, 15) is 9.59 Å². The third-order valence-corrected chi connectivity index (χ3v) is 2.27. The van der Waals surface area contributed by atoms with E-state index in [-0.39, 0.29) is 90.3 Å². The predicted molar refractivity (Wildman–Crippen MR) is 66.4 cm³/mol. The summed E-state index contributed by atoms with van der Waals surface area (Å²) in [6, 6.07) is 0. The van der Waals surface area contributed by atoms with Crippen molar-refractivity contribution < 1.29 is 75.0 Å². The van der Waals surface area contributed by atoms with Crippen molar-refractivity contribution >= 4 is 11.8 Å². The third-order valence-electron chi connectivity index (χ3n) is 2.27. The van der Waals surface area contributed by atoms with E-state index in [4.69, 9.17) is 0 Å². The van der Waals surface area contributed by atoms with Crippen LogP contribution in [0.15, 0.2) is 0 Å². The maximum Gasteiger partial charge on any atom is 0.207 e. The minimum atomic E-state index is -0.0760. The Kier molecular flexibility index (Phi) is 20.4. The molecule has 6 nitrogen and oxygen atoms in total. The second-order valence-electron chi connectivity index (χ2n) is 3.53. The zero-order valence-corrected chi connectivity index (χ0v) is 17.5. The molecule has 0 atom stereocenters. The van der Waals surface area contributed by atoms with Gasteiger partial charge in [0.1, 0.15) is 0 Å². The normalized spacial score (nSPS) is 9.05. The SMILES string of the molecule is [CH2-]N(CC)C(=O)CNCNCC(=O)N([CH2-])CC.[Y].[Y]. The average Bonchev–Trinajstić information content (AvgIpc) is 2.35. The first-order valence-electron chi connectivity index (χ1n) is 5.66. The van der Waals surface area contributed by atoms with Gasteiger partial charge in [-0.15, -0.1) is 0 Å². The smallest absolute Gasteiger partial charge is 0.207 e. The molecule has 0 heterocycles. The van der Waals surface area contributed by atoms with Gasteiger partial charge >= 0.3 is 0 Å². The molecule has 2 amide bonds. The van der Waals surface area contributed by atoms with E-state index in [0.29, 0.717) is 19.8 Å². The number of nitrogens with one attached hydrogen (secondary N) is 2. The van der Waals surface area contributed by atoms with E-state index in [1.54, 1.807) is 0 Å². The molecule has 2 radical (unpaired) electrons. The largest absolute Gasteiger partial charge is 0.495 e. The van der Waals surface area contributed by atoms with Gasteiger partial charge in [-0.05, 0) is 26.9 Å². The van der Waals surface area contributed by atoms with E-state index in [1.807, 2.05) is 13.8 Å². The summed E-state index contributed by atoms with van der Waals surface area (Å²) < 4.78 is 0. The number of nitrogens with zero attached hydrogens (tertiary/aromatic N) is 2. The fraction of sp³-hybridized carbons (Fsp3) is 0.636. The summed E-state index contributed by atoms with van der Waals surface area (Å²) in [7, 11) is 7.14. The Morgan fingerprint density at radius 2 is 1.21 bits per heavy atom. The van der Waals surface area contributed by atoms with Crippen LogP contribution in [-0.4, -0.2) is 54.5 Å². The van der Waals surface area contributed by atoms with Gasteiger partial charge in [-0.3, -0.25) is 34.3 Å². The summed E-state index contributed by atoms with van der Waals surface area (Å²) in [5, 5.41) is 5.76. The standard InChI is InChI=1S/C11H22N4O2.2Y/c1-5-14(3)10(16)7-12-9-13-8-11(17)15(4)6-2;;/h12-13H,3-9H2,1-2H3;;/q-2;;. The summed E-state index contributed by atoms with van der Waals surface area (Å²) in [4.78, 5) is 25.4. The molecular weight excluding hydrogens is 398 g/mol. The molecule has 0 saturated heterocycles. The summed E-state index contributed by atoms with van der Waals surface area (Å²) in [6.45, 7) is 5.69. The quantitative estimate of drug-likeness (QED) is 0.313. The van der Waals surface area contributed by atoms with Crippen LogP contribution in [0.5, 0.6) is 0 Å². The molecule has 106 valence electrons. The molecule has 19 heavy (non-hydrogen) atoms. The molecule has 0 aromatic rings. The Labute approximate surface area is 166 Å². The maximum atomic E-state index is 11.3. The molecule has 2 N–H and O–H groups in total. The molecular formula is C11H22N4O2Y2-2. The molecule has 0 rings (SSSR count). The molecule has 0 aliphatic rings. The van der Waals surface area contributed by atoms with Gasteiger partial charge in [0.15, 0.2) is 0 Å². The maximum absolute atomic E-state index is 11.3. The van der Waals surface area contributed by atoms with Crippen molar-refractivity contribution in [2.45, 2.75) is 13.8 Å². The summed E-state index contributed by atoms with van der Waals surface area (Å²) in [6.07, 6.45) is 0. The Morgan fingerprint density at radius 3 is 1.47 bits per heavy atom. The molecule has 0 bridgehead atoms. The molecule has 0 unspecified atom stereocenters. The van der Waals surface area contributed by atoms with Gasteiger partial charge in [0, 0.05) is 72.1 Å². The van der Waals surface area contributed by atoms with Crippen molar-refractivity contribution in [2.75, 3.05) is 32.8 Å². The van der Waals surface area contributed by atoms with Crippen molar-refractivity contribution in [1.29, 1.82) is 0 Å². The first kappa shape index (κ1) is 25.0. The van der Waals surface area contributed by atoms with Gasteiger partial charge in [0.2, 0.25) is 11.8 Å². The summed E-state index contributed by atoms with van der Waals surface area (Å²) >= 11 is 0. The molecule has 0 spiro atoms. The Balaban J connectivity index is -0.00000128. The van der Waals surface area contributed by atoms with E-state index in [1.165, 1.54) is 9.80 Å². The number of rotatable bonds is 8. The monoisotopic (exact) mass is 420 g/mol. The van der Waals surface area contributed by atoms with Crippen LogP contribution in [0.4, 0.5) is 0 Å². The molecule has 0 aromatic heterocycles. The Morgan fingerprint density at radius 1 is 0.895 bits per heavy atom. The average molecular weight is 420 g/mol. The number of likely N-dealkylation sites (N-methyl/N-ethyl adjacent to an activating group) is 2. The number of hydrogen-bond donors (Lipinski definition) is 2. The van der Waals surface area contributed by atoms with Crippen LogP contribution in [0.1, 0.15) is 13.8 Å². The van der Waals surface area contributed by atoms with Crippen LogP contribution >= 0.6 is 0 Å². The topological polar surface area (TPSA) is 64.7 Å². The van der Waals surface area contributed by atoms with Crippen LogP contribution in [0.3, 0.4) is 0 Å². The molecule has 0 aromatic carbocycles. The summed E-state index contributed by atoms with van der Waals surface area (Å²) in [5.41, 5.74) is 0. The number of carbonyl (C=O) groups is 2. The van der Waals surface area contributed by atoms with E-state index >= 15 is 0 Å². The van der Waals surface area contributed by atoms with Crippen molar-refractivity contribution in [1.82, 2.24) is 20.4 Å². The molecule has 0 saturated carbocycles. The molecule has 0 fully saturated rings. The number of carbonyl (C=O) groups excluding carboxylic acids is 2. The van der Waals surface area contributed by atoms with Gasteiger partial charge < -0.3 is 9.80 Å². The minimum Gasteiger partial charge on any atom is -0.495 e. The zero-order valence-electron chi connectivity index (χ0n) is 11.8. The zero-order chi connectivity index (χ0) is 13.3. The molecule has 0 aliphatic heterocycles. The van der Waals surface area contributed by atoms with Crippen LogP contribution in [-0.2, 0) is 75.0 Å². The van der Waals surface area contributed by atoms with Crippen molar-refractivity contribution in [2.24, 2.45) is 0 Å². The van der Waals surface area contributed by atoms with E-state index < -0.39 is 0 Å². The third kappa shape index (κ3) is 12.5. The van der Waals surface area contributed by atoms with Crippen LogP contribution in [0.2, 0.25) is 0 Å². The molecule has 0 aliphatic carbocycles. The van der Waals surface area contributed by atoms with Crippen LogP contribution in [0.25, 0.3) is 0 Å². The Hall–Kier alpha value is 1.07. The van der Waals surface area contributed by atoms with Gasteiger partial charge in [0.05, 0.1) is 13.1 Å². The van der Waals surface area contributed by atoms with Gasteiger partial charge in [-0.2, -0.15) is 0 Å². The van der Waals surface area contributed by atoms with Gasteiger partial charge in [-0.1, -0.05) is 0 Å². The van der Waals surface area contributed by atoms with Crippen LogP contribution in [0, 0.1) is 14.1 Å². The van der Waals surface area contributed by atoms with Crippen LogP contribution < -0.4 is 10.6 Å². The second-order valence-corrected chi connectivity index (χ2v) is 3.53. The number of hydrogen-bond acceptors (Lipinski definition) is 4. The molecule has 8 heteroatoms. The van der Waals surface area contributed by atoms with Gasteiger partial charge in [0.25, 0.3) is 0 Å². The van der Waals surface area contributed by atoms with E-state index in [0.717, 1.165) is 0 Å². The fourth-order valence-electron chi connectivity index (χ4n) is 1.00. The van der Waals surface area contributed by atoms with E-state index in [2.05, 4.69) is 24.7 Å². The van der Waals surface area contributed by atoms with Crippen molar-refractivity contribution in [3.63, 3.8) is 0 Å². The predicted octanol–water partition coefficient (Wildman–Crippen LogP) is -0.602. The first-order valence-corrected chi connectivity index (χ1v) is 5.66. The van der Waals surface area contributed by atoms with Gasteiger partial charge in [-0.25, -0.2) is 0 Å². The fourth-order valence-corrected chi connectivity index (χ4v) is 1.00. The second kappa shape index (κ2) is 15.5. The van der Waals surface area contributed by atoms with Crippen molar-refractivity contribution in [3.8, 4) is 0 Å². The first-order chi connectivity index (χ1) is 8.02. The number of amides is 2. The Bertz CT molecular complexity index is 231.